The van der Waals surface area contributed by atoms with E-state index in [2.05, 4.69) is 24.7 Å². The van der Waals surface area contributed by atoms with Crippen LogP contribution < -0.4 is 0 Å². The lowest BCUT2D eigenvalue weighted by atomic mass is 9.79. The van der Waals surface area contributed by atoms with Gasteiger partial charge >= 0.3 is 11.9 Å². The fraction of sp³-hybridized carbons (Fsp3) is 0.688. The third-order valence-corrected chi connectivity index (χ3v) is 15.6. The Morgan fingerprint density at radius 1 is 0.784 bits per heavy atom. The number of carboxylic acid groups (broad SMARTS) is 1. The maximum absolute atomic E-state index is 12.4. The monoisotopic (exact) mass is 782 g/mol. The molecule has 51 heavy (non-hydrogen) atoms. The molecule has 0 spiro atoms. The van der Waals surface area contributed by atoms with Crippen molar-refractivity contribution in [2.75, 3.05) is 50.8 Å². The van der Waals surface area contributed by atoms with Gasteiger partial charge in [-0.1, -0.05) is 37.4 Å². The van der Waals surface area contributed by atoms with Crippen molar-refractivity contribution in [1.82, 2.24) is 19.6 Å². The zero-order chi connectivity index (χ0) is 36.5. The molecule has 8 unspecified atom stereocenters. The van der Waals surface area contributed by atoms with Crippen molar-refractivity contribution < 1.29 is 44.6 Å². The highest BCUT2D eigenvalue weighted by Crippen LogP contribution is 2.53. The molecule has 0 aromatic rings. The van der Waals surface area contributed by atoms with Crippen LogP contribution in [0, 0.1) is 23.7 Å². The van der Waals surface area contributed by atoms with Crippen LogP contribution >= 0.6 is 47.0 Å². The Balaban J connectivity index is 0.000000159. The maximum atomic E-state index is 12.4. The van der Waals surface area contributed by atoms with E-state index in [4.69, 9.17) is 5.26 Å². The van der Waals surface area contributed by atoms with Gasteiger partial charge in [0.2, 0.25) is 11.8 Å². The zero-order valence-corrected chi connectivity index (χ0v) is 31.8. The summed E-state index contributed by atoms with van der Waals surface area (Å²) in [5, 5.41) is 41.1. The molecule has 19 heteroatoms. The molecule has 4 fully saturated rings. The molecule has 0 bridgehead atoms. The standard InChI is InChI=1S/C16H21N3O5S2.C16H21N3O4S2/c1-7-11-10(8(2)20)14(21)19(11)12(15(22)24-23)13(7)26-9-5-18(6-9)16-17-3-4-25-16;1-7-11-10(8(2)20)14(21)19(11)12(15(22)23)13(7)25-9-5-18(6-9)16-17-3-4-24-16/h7-11,20,23H,3-6H2,1-2H3;7-11,20H,3-6H2,1-2H3,(H,22,23). The van der Waals surface area contributed by atoms with E-state index in [0.29, 0.717) is 5.25 Å². The fourth-order valence-electron chi connectivity index (χ4n) is 8.12. The van der Waals surface area contributed by atoms with Crippen molar-refractivity contribution in [2.45, 2.75) is 62.5 Å². The lowest BCUT2D eigenvalue weighted by molar-refractivity contribution is -0.232. The van der Waals surface area contributed by atoms with Gasteiger partial charge in [-0.2, -0.15) is 5.26 Å². The maximum Gasteiger partial charge on any atom is 0.389 e. The number of fused-ring (bicyclic) bond motifs is 2. The van der Waals surface area contributed by atoms with E-state index in [9.17, 15) is 34.5 Å². The van der Waals surface area contributed by atoms with Crippen LogP contribution in [-0.2, 0) is 24.1 Å². The van der Waals surface area contributed by atoms with Crippen molar-refractivity contribution in [1.29, 1.82) is 0 Å². The molecule has 8 rings (SSSR count). The number of aliphatic imine (C=N–C) groups is 2. The second-order valence-electron chi connectivity index (χ2n) is 13.9. The first kappa shape index (κ1) is 36.9. The second-order valence-corrected chi connectivity index (χ2v) is 18.7. The Bertz CT molecular complexity index is 1620. The van der Waals surface area contributed by atoms with E-state index >= 15 is 0 Å². The van der Waals surface area contributed by atoms with Crippen LogP contribution in [0.2, 0.25) is 0 Å². The predicted molar refractivity (Wildman–Crippen MR) is 196 cm³/mol. The van der Waals surface area contributed by atoms with E-state index in [1.807, 2.05) is 13.8 Å². The van der Waals surface area contributed by atoms with Gasteiger partial charge in [0, 0.05) is 69.8 Å². The van der Waals surface area contributed by atoms with Crippen LogP contribution in [0.4, 0.5) is 0 Å². The molecule has 4 saturated heterocycles. The summed E-state index contributed by atoms with van der Waals surface area (Å²) in [5.74, 6) is -1.62. The summed E-state index contributed by atoms with van der Waals surface area (Å²) in [5.41, 5.74) is 0.248. The minimum Gasteiger partial charge on any atom is -0.477 e. The first-order valence-electron chi connectivity index (χ1n) is 17.1. The summed E-state index contributed by atoms with van der Waals surface area (Å²) < 4.78 is 0. The Morgan fingerprint density at radius 3 is 1.55 bits per heavy atom. The molecular formula is C32H42N6O9S4. The molecule has 8 aliphatic heterocycles. The molecule has 0 aromatic carbocycles. The summed E-state index contributed by atoms with van der Waals surface area (Å²) in [6.45, 7) is 12.2. The van der Waals surface area contributed by atoms with Crippen LogP contribution in [0.3, 0.4) is 0 Å². The van der Waals surface area contributed by atoms with Crippen LogP contribution in [0.5, 0.6) is 0 Å². The number of β-lactam (4-membered cyclic amide) rings is 2. The predicted octanol–water partition coefficient (Wildman–Crippen LogP) is 1.25. The number of thioether (sulfide) groups is 4. The number of nitrogens with zero attached hydrogens (tertiary/aromatic N) is 6. The third kappa shape index (κ3) is 6.27. The Hall–Kier alpha value is -2.42. The number of rotatable bonds is 8. The summed E-state index contributed by atoms with van der Waals surface area (Å²) in [6.07, 6.45) is -1.54. The van der Waals surface area contributed by atoms with E-state index in [-0.39, 0.29) is 52.4 Å². The average molecular weight is 783 g/mol. The normalized spacial score (nSPS) is 32.7. The van der Waals surface area contributed by atoms with Crippen LogP contribution in [0.15, 0.2) is 31.2 Å². The number of amides is 2. The molecule has 8 aliphatic rings. The number of aliphatic carboxylic acids is 1. The minimum absolute atomic E-state index is 0.0550. The third-order valence-electron chi connectivity index (χ3n) is 10.7. The van der Waals surface area contributed by atoms with Crippen molar-refractivity contribution >= 4 is 81.1 Å². The second kappa shape index (κ2) is 14.4. The molecule has 15 nitrogen and oxygen atoms in total. The quantitative estimate of drug-likeness (QED) is 0.156. The number of hydrogen-bond donors (Lipinski definition) is 4. The minimum atomic E-state index is -1.05. The number of likely N-dealkylation sites (tertiary alicyclic amines) is 2. The van der Waals surface area contributed by atoms with Crippen LogP contribution in [-0.4, -0.2) is 160 Å². The molecule has 0 saturated carbocycles. The molecule has 0 aromatic heterocycles. The molecule has 278 valence electrons. The highest BCUT2D eigenvalue weighted by molar-refractivity contribution is 8.14. The number of amidine groups is 2. The number of aliphatic hydroxyl groups excluding tert-OH is 2. The van der Waals surface area contributed by atoms with Crippen LogP contribution in [0.25, 0.3) is 0 Å². The number of carbonyl (C=O) groups excluding carboxylic acids is 3. The van der Waals surface area contributed by atoms with E-state index in [0.717, 1.165) is 70.9 Å². The average Bonchev–Trinajstić information content (AvgIpc) is 3.83. The Morgan fingerprint density at radius 2 is 1.20 bits per heavy atom. The Labute approximate surface area is 312 Å². The van der Waals surface area contributed by atoms with Gasteiger partial charge in [0.05, 0.1) is 49.2 Å². The zero-order valence-electron chi connectivity index (χ0n) is 28.6. The van der Waals surface area contributed by atoms with Gasteiger partial charge in [-0.3, -0.25) is 24.5 Å². The van der Waals surface area contributed by atoms with Gasteiger partial charge < -0.3 is 34.9 Å². The number of carbonyl (C=O) groups is 4. The molecule has 8 heterocycles. The lowest BCUT2D eigenvalue weighted by Crippen LogP contribution is -2.63. The largest absolute Gasteiger partial charge is 0.477 e. The summed E-state index contributed by atoms with van der Waals surface area (Å²) >= 11 is 6.68. The molecule has 0 radical (unpaired) electrons. The summed E-state index contributed by atoms with van der Waals surface area (Å²) in [6, 6.07) is -0.489. The van der Waals surface area contributed by atoms with E-state index in [1.54, 1.807) is 60.9 Å². The van der Waals surface area contributed by atoms with Gasteiger partial charge in [-0.15, -0.1) is 23.5 Å². The SMILES string of the molecule is CC(O)C1C(=O)N2C(C(=O)O)=C(SC3CN(C4=NCCS4)C3)C(C)C12.CC(O)C1C(=O)N2C(C(=O)OO)=C(SC3CN(C4=NCCS4)C3)C(C)C12. The van der Waals surface area contributed by atoms with Gasteiger partial charge in [0.15, 0.2) is 10.3 Å². The Kier molecular flexibility index (Phi) is 10.4. The van der Waals surface area contributed by atoms with Crippen molar-refractivity contribution in [3.05, 3.63) is 21.2 Å². The molecule has 2 amide bonds. The number of carboxylic acids is 1. The number of hydrogen-bond acceptors (Lipinski definition) is 16. The van der Waals surface area contributed by atoms with Crippen molar-refractivity contribution in [3.8, 4) is 0 Å². The molecular weight excluding hydrogens is 741 g/mol. The smallest absolute Gasteiger partial charge is 0.389 e. The fourth-order valence-corrected chi connectivity index (χ4v) is 12.9. The summed E-state index contributed by atoms with van der Waals surface area (Å²) in [4.78, 5) is 70.2. The van der Waals surface area contributed by atoms with Gasteiger partial charge in [0.1, 0.15) is 11.4 Å². The topological polar surface area (TPSA) is 196 Å². The van der Waals surface area contributed by atoms with Crippen molar-refractivity contribution in [3.63, 3.8) is 0 Å². The molecule has 4 N–H and O–H groups in total. The van der Waals surface area contributed by atoms with E-state index in [1.165, 1.54) is 9.80 Å². The lowest BCUT2D eigenvalue weighted by Gasteiger charge is -2.46. The molecule has 8 atom stereocenters. The van der Waals surface area contributed by atoms with Crippen LogP contribution in [0.1, 0.15) is 27.7 Å². The van der Waals surface area contributed by atoms with Crippen molar-refractivity contribution in [2.24, 2.45) is 33.7 Å². The highest BCUT2D eigenvalue weighted by atomic mass is 32.2. The molecule has 0 aliphatic carbocycles. The van der Waals surface area contributed by atoms with E-state index < -0.39 is 36.0 Å². The first-order chi connectivity index (χ1) is 24.3. The van der Waals surface area contributed by atoms with Gasteiger partial charge in [-0.05, 0) is 13.8 Å². The summed E-state index contributed by atoms with van der Waals surface area (Å²) in [7, 11) is 0. The number of aliphatic hydroxyl groups is 2. The van der Waals surface area contributed by atoms with Gasteiger partial charge in [-0.25, -0.2) is 9.59 Å². The van der Waals surface area contributed by atoms with Gasteiger partial charge in [0.25, 0.3) is 0 Å². The highest BCUT2D eigenvalue weighted by Gasteiger charge is 2.62. The first-order valence-corrected chi connectivity index (χ1v) is 20.8.